The van der Waals surface area contributed by atoms with Crippen molar-refractivity contribution < 1.29 is 27.5 Å². The number of fused-ring (bicyclic) bond motifs is 2. The van der Waals surface area contributed by atoms with Gasteiger partial charge in [0, 0.05) is 24.4 Å². The summed E-state index contributed by atoms with van der Waals surface area (Å²) in [4.78, 5) is 26.9. The van der Waals surface area contributed by atoms with E-state index >= 15 is 0 Å². The first-order valence-electron chi connectivity index (χ1n) is 11.0. The highest BCUT2D eigenvalue weighted by atomic mass is 19.4. The number of halogens is 3. The molecule has 0 radical (unpaired) electrons. The van der Waals surface area contributed by atoms with E-state index in [1.54, 1.807) is 63.8 Å². The molecule has 1 N–H and O–H groups in total. The van der Waals surface area contributed by atoms with E-state index in [0.29, 0.717) is 29.7 Å². The maximum Gasteiger partial charge on any atom is 0.410 e. The van der Waals surface area contributed by atoms with Crippen LogP contribution < -0.4 is 5.32 Å². The Hall–Kier alpha value is -2.78. The van der Waals surface area contributed by atoms with Crippen molar-refractivity contribution in [2.75, 3.05) is 13.1 Å². The number of hydrogen-bond acceptors (Lipinski definition) is 4. The monoisotopic (exact) mass is 466 g/mol. The minimum absolute atomic E-state index is 0.0628. The molecule has 180 valence electrons. The molecular formula is C23H29F3N4O3. The van der Waals surface area contributed by atoms with Gasteiger partial charge in [0.25, 0.3) is 0 Å². The van der Waals surface area contributed by atoms with Crippen molar-refractivity contribution in [1.82, 2.24) is 20.0 Å². The smallest absolute Gasteiger partial charge is 0.410 e. The van der Waals surface area contributed by atoms with Crippen LogP contribution in [0.3, 0.4) is 0 Å². The van der Waals surface area contributed by atoms with Crippen molar-refractivity contribution in [1.29, 1.82) is 0 Å². The molecule has 10 heteroatoms. The second-order valence-electron chi connectivity index (χ2n) is 10.5. The van der Waals surface area contributed by atoms with Gasteiger partial charge < -0.3 is 15.0 Å². The maximum absolute atomic E-state index is 13.0. The Morgan fingerprint density at radius 2 is 1.70 bits per heavy atom. The third-order valence-corrected chi connectivity index (χ3v) is 6.16. The highest BCUT2D eigenvalue weighted by Gasteiger charge is 2.61. The quantitative estimate of drug-likeness (QED) is 0.737. The van der Waals surface area contributed by atoms with Crippen LogP contribution in [0.4, 0.5) is 18.0 Å². The van der Waals surface area contributed by atoms with Gasteiger partial charge in [0.1, 0.15) is 12.1 Å². The van der Waals surface area contributed by atoms with E-state index in [2.05, 4.69) is 10.4 Å². The molecule has 1 aliphatic heterocycles. The molecule has 2 fully saturated rings. The lowest BCUT2D eigenvalue weighted by molar-refractivity contribution is -0.142. The Kier molecular flexibility index (Phi) is 5.41. The first kappa shape index (κ1) is 23.4. The number of carbonyl (C=O) groups excluding carboxylic acids is 2. The number of nitrogens with zero attached hydrogens (tertiary/aromatic N) is 3. The number of alkyl halides is 3. The molecule has 0 unspecified atom stereocenters. The van der Waals surface area contributed by atoms with Gasteiger partial charge in [-0.2, -0.15) is 18.3 Å². The van der Waals surface area contributed by atoms with E-state index in [0.717, 1.165) is 4.68 Å². The van der Waals surface area contributed by atoms with Gasteiger partial charge in [0.2, 0.25) is 5.91 Å². The van der Waals surface area contributed by atoms with Gasteiger partial charge in [-0.1, -0.05) is 18.2 Å². The van der Waals surface area contributed by atoms with E-state index < -0.39 is 23.9 Å². The molecular weight excluding hydrogens is 437 g/mol. The summed E-state index contributed by atoms with van der Waals surface area (Å²) in [5.41, 5.74) is -0.807. The van der Waals surface area contributed by atoms with Crippen LogP contribution >= 0.6 is 0 Å². The van der Waals surface area contributed by atoms with Crippen LogP contribution in [0, 0.1) is 17.8 Å². The molecule has 1 aromatic heterocycles. The molecule has 7 nitrogen and oxygen atoms in total. The fourth-order valence-electron chi connectivity index (χ4n) is 4.72. The first-order chi connectivity index (χ1) is 15.2. The number of ether oxygens (including phenoxy) is 1. The number of likely N-dealkylation sites (tertiary alicyclic amines) is 1. The van der Waals surface area contributed by atoms with E-state index in [1.165, 1.54) is 0 Å². The topological polar surface area (TPSA) is 76.5 Å². The lowest BCUT2D eigenvalue weighted by Crippen LogP contribution is -2.44. The maximum atomic E-state index is 13.0. The zero-order chi connectivity index (χ0) is 24.3. The predicted octanol–water partition coefficient (Wildman–Crippen LogP) is 4.06. The fraction of sp³-hybridized carbons (Fsp3) is 0.609. The van der Waals surface area contributed by atoms with Crippen LogP contribution in [-0.2, 0) is 21.6 Å². The van der Waals surface area contributed by atoms with Crippen molar-refractivity contribution >= 4 is 22.9 Å². The van der Waals surface area contributed by atoms with E-state index in [4.69, 9.17) is 4.74 Å². The molecule has 1 aliphatic carbocycles. The molecule has 3 atom stereocenters. The average molecular weight is 467 g/mol. The second kappa shape index (κ2) is 7.63. The van der Waals surface area contributed by atoms with Gasteiger partial charge in [-0.3, -0.25) is 9.48 Å². The van der Waals surface area contributed by atoms with E-state index in [9.17, 15) is 22.8 Å². The molecule has 1 saturated heterocycles. The molecule has 0 spiro atoms. The summed E-state index contributed by atoms with van der Waals surface area (Å²) in [7, 11) is 0. The zero-order valence-electron chi connectivity index (χ0n) is 19.4. The molecule has 4 rings (SSSR count). The standard InChI is InChI=1S/C23H29F3N4O3/c1-21(2,3)33-20(32)29-10-14-15(11-29)17(14)19(31)27-22(4,5)18-13-8-6-7-9-16(13)30(28-18)12-23(24,25)26/h6-9,14-15,17H,10-12H2,1-5H3,(H,27,31)/t14-,15+,17+. The Bertz CT molecular complexity index is 1070. The third-order valence-electron chi connectivity index (χ3n) is 6.16. The number of benzene rings is 1. The summed E-state index contributed by atoms with van der Waals surface area (Å²) < 4.78 is 45.5. The number of rotatable bonds is 4. The summed E-state index contributed by atoms with van der Waals surface area (Å²) >= 11 is 0. The van der Waals surface area contributed by atoms with Crippen LogP contribution in [0.2, 0.25) is 0 Å². The number of piperidine rings is 1. The number of para-hydroxylation sites is 1. The van der Waals surface area contributed by atoms with Crippen molar-refractivity contribution in [3.8, 4) is 0 Å². The van der Waals surface area contributed by atoms with Crippen molar-refractivity contribution in [2.24, 2.45) is 17.8 Å². The third kappa shape index (κ3) is 4.79. The van der Waals surface area contributed by atoms with Gasteiger partial charge in [0.15, 0.2) is 0 Å². The summed E-state index contributed by atoms with van der Waals surface area (Å²) in [6.07, 6.45) is -4.79. The Labute approximate surface area is 190 Å². The zero-order valence-corrected chi connectivity index (χ0v) is 19.4. The highest BCUT2D eigenvalue weighted by molar-refractivity contribution is 5.87. The van der Waals surface area contributed by atoms with Gasteiger partial charge in [0.05, 0.1) is 16.7 Å². The molecule has 2 amide bonds. The van der Waals surface area contributed by atoms with E-state index in [1.807, 2.05) is 0 Å². The molecule has 1 aromatic carbocycles. The molecule has 2 aromatic rings. The number of nitrogens with one attached hydrogen (secondary N) is 1. The predicted molar refractivity (Wildman–Crippen MR) is 115 cm³/mol. The summed E-state index contributed by atoms with van der Waals surface area (Å²) in [6, 6.07) is 6.70. The van der Waals surface area contributed by atoms with Gasteiger partial charge in [-0.05, 0) is 52.5 Å². The van der Waals surface area contributed by atoms with Crippen molar-refractivity contribution in [3.05, 3.63) is 30.0 Å². The van der Waals surface area contributed by atoms with E-state index in [-0.39, 0.29) is 29.8 Å². The molecule has 33 heavy (non-hydrogen) atoms. The summed E-state index contributed by atoms with van der Waals surface area (Å²) in [5.74, 6) is -0.277. The summed E-state index contributed by atoms with van der Waals surface area (Å²) in [6.45, 7) is 8.61. The molecule has 1 saturated carbocycles. The van der Waals surface area contributed by atoms with Crippen LogP contribution in [0.5, 0.6) is 0 Å². The number of amides is 2. The number of hydrogen-bond donors (Lipinski definition) is 1. The van der Waals surface area contributed by atoms with Crippen LogP contribution in [0.15, 0.2) is 24.3 Å². The Morgan fingerprint density at radius 1 is 1.09 bits per heavy atom. The summed E-state index contributed by atoms with van der Waals surface area (Å²) in [5, 5.41) is 7.78. The lowest BCUT2D eigenvalue weighted by Gasteiger charge is -2.27. The van der Waals surface area contributed by atoms with Gasteiger partial charge >= 0.3 is 12.3 Å². The largest absolute Gasteiger partial charge is 0.444 e. The fourth-order valence-corrected chi connectivity index (χ4v) is 4.72. The van der Waals surface area contributed by atoms with Crippen molar-refractivity contribution in [2.45, 2.75) is 58.5 Å². The highest BCUT2D eigenvalue weighted by Crippen LogP contribution is 2.52. The Morgan fingerprint density at radius 3 is 2.27 bits per heavy atom. The minimum atomic E-state index is -4.41. The minimum Gasteiger partial charge on any atom is -0.444 e. The number of carbonyl (C=O) groups is 2. The normalized spacial score (nSPS) is 22.9. The second-order valence-corrected chi connectivity index (χ2v) is 10.5. The Balaban J connectivity index is 1.45. The van der Waals surface area contributed by atoms with Gasteiger partial charge in [-0.15, -0.1) is 0 Å². The van der Waals surface area contributed by atoms with Crippen LogP contribution in [0.25, 0.3) is 10.9 Å². The van der Waals surface area contributed by atoms with Crippen LogP contribution in [-0.4, -0.2) is 51.5 Å². The lowest BCUT2D eigenvalue weighted by atomic mass is 9.96. The van der Waals surface area contributed by atoms with Gasteiger partial charge in [-0.25, -0.2) is 4.79 Å². The SMILES string of the molecule is CC(C)(C)OC(=O)N1C[C@@H]2[C@H](C1)[C@H]2C(=O)NC(C)(C)c1nn(CC(F)(F)F)c2ccccc12. The molecule has 2 aliphatic rings. The molecule has 2 heterocycles. The van der Waals surface area contributed by atoms with Crippen molar-refractivity contribution in [3.63, 3.8) is 0 Å². The number of aromatic nitrogens is 2. The first-order valence-corrected chi connectivity index (χ1v) is 11.0. The molecule has 0 bridgehead atoms. The average Bonchev–Trinajstić information content (AvgIpc) is 2.99. The van der Waals surface area contributed by atoms with Crippen LogP contribution in [0.1, 0.15) is 40.3 Å².